The number of nitrogens with one attached hydrogen (secondary N) is 1. The van der Waals surface area contributed by atoms with Gasteiger partial charge in [0.2, 0.25) is 0 Å². The molecule has 2 rings (SSSR count). The van der Waals surface area contributed by atoms with Crippen molar-refractivity contribution in [2.45, 2.75) is 6.04 Å². The Bertz CT molecular complexity index is 583. The van der Waals surface area contributed by atoms with Gasteiger partial charge in [-0.3, -0.25) is 4.90 Å². The minimum atomic E-state index is -3.45. The van der Waals surface area contributed by atoms with E-state index >= 15 is 0 Å². The zero-order valence-electron chi connectivity index (χ0n) is 13.9. The van der Waals surface area contributed by atoms with Crippen LogP contribution in [0.4, 0.5) is 0 Å². The van der Waals surface area contributed by atoms with Gasteiger partial charge >= 0.3 is 0 Å². The van der Waals surface area contributed by atoms with E-state index in [9.17, 15) is 8.42 Å². The van der Waals surface area contributed by atoms with Crippen molar-refractivity contribution in [3.63, 3.8) is 0 Å². The molecule has 1 fully saturated rings. The van der Waals surface area contributed by atoms with E-state index in [-0.39, 0.29) is 6.04 Å². The molecule has 1 heterocycles. The van der Waals surface area contributed by atoms with Gasteiger partial charge in [-0.1, -0.05) is 12.1 Å². The lowest BCUT2D eigenvalue weighted by molar-refractivity contribution is 0.0171. The number of morpholine rings is 1. The van der Waals surface area contributed by atoms with Crippen LogP contribution in [0.15, 0.2) is 24.3 Å². The van der Waals surface area contributed by atoms with Gasteiger partial charge in [-0.15, -0.1) is 0 Å². The fraction of sp³-hybridized carbons (Fsp3) is 0.600. The average molecular weight is 343 g/mol. The molecule has 7 nitrogen and oxygen atoms in total. The van der Waals surface area contributed by atoms with E-state index in [1.165, 1.54) is 18.4 Å². The van der Waals surface area contributed by atoms with E-state index in [0.717, 1.165) is 24.4 Å². The molecule has 0 aliphatic carbocycles. The molecule has 1 aliphatic rings. The maximum Gasteiger partial charge on any atom is 0.278 e. The largest absolute Gasteiger partial charge is 0.497 e. The molecule has 0 spiro atoms. The molecule has 23 heavy (non-hydrogen) atoms. The Hall–Kier alpha value is -1.19. The van der Waals surface area contributed by atoms with Crippen molar-refractivity contribution in [1.82, 2.24) is 13.9 Å². The Balaban J connectivity index is 2.16. The van der Waals surface area contributed by atoms with Crippen molar-refractivity contribution in [2.75, 3.05) is 54.1 Å². The Kier molecular flexibility index (Phi) is 6.37. The summed E-state index contributed by atoms with van der Waals surface area (Å²) in [7, 11) is 1.20. The maximum atomic E-state index is 12.0. The standard InChI is InChI=1S/C15H25N3O4S/c1-17(2)23(19,20)16-12-15(18-8-10-22-11-9-18)13-4-6-14(21-3)7-5-13/h4-7,15-16H,8-12H2,1-3H3. The van der Waals surface area contributed by atoms with Crippen LogP contribution >= 0.6 is 0 Å². The second-order valence-electron chi connectivity index (χ2n) is 5.57. The SMILES string of the molecule is COc1ccc(C(CNS(=O)(=O)N(C)C)N2CCOCC2)cc1. The van der Waals surface area contributed by atoms with E-state index in [1.807, 2.05) is 24.3 Å². The second kappa shape index (κ2) is 8.07. The summed E-state index contributed by atoms with van der Waals surface area (Å²) in [6, 6.07) is 7.69. The van der Waals surface area contributed by atoms with Crippen molar-refractivity contribution in [1.29, 1.82) is 0 Å². The van der Waals surface area contributed by atoms with E-state index in [0.29, 0.717) is 19.8 Å². The van der Waals surface area contributed by atoms with Gasteiger partial charge in [0.05, 0.1) is 20.3 Å². The highest BCUT2D eigenvalue weighted by atomic mass is 32.2. The normalized spacial score (nSPS) is 18.1. The highest BCUT2D eigenvalue weighted by Gasteiger charge is 2.25. The third kappa shape index (κ3) is 4.89. The molecule has 0 bridgehead atoms. The zero-order chi connectivity index (χ0) is 16.9. The van der Waals surface area contributed by atoms with Crippen LogP contribution in [0.1, 0.15) is 11.6 Å². The van der Waals surface area contributed by atoms with E-state index in [2.05, 4.69) is 9.62 Å². The Morgan fingerprint density at radius 2 is 1.87 bits per heavy atom. The van der Waals surface area contributed by atoms with E-state index in [1.54, 1.807) is 7.11 Å². The van der Waals surface area contributed by atoms with Crippen molar-refractivity contribution in [3.05, 3.63) is 29.8 Å². The number of rotatable bonds is 7. The molecule has 1 aliphatic heterocycles. The van der Waals surface area contributed by atoms with Crippen molar-refractivity contribution in [3.8, 4) is 5.75 Å². The first-order valence-electron chi connectivity index (χ1n) is 7.57. The van der Waals surface area contributed by atoms with Gasteiger partial charge in [-0.25, -0.2) is 4.72 Å². The first-order chi connectivity index (χ1) is 10.9. The molecule has 0 amide bonds. The monoisotopic (exact) mass is 343 g/mol. The van der Waals surface area contributed by atoms with Gasteiger partial charge in [0.15, 0.2) is 0 Å². The third-order valence-electron chi connectivity index (χ3n) is 3.93. The fourth-order valence-corrected chi connectivity index (χ4v) is 3.11. The van der Waals surface area contributed by atoms with Crippen molar-refractivity contribution in [2.24, 2.45) is 0 Å². The predicted molar refractivity (Wildman–Crippen MR) is 88.7 cm³/mol. The third-order valence-corrected chi connectivity index (χ3v) is 5.42. The van der Waals surface area contributed by atoms with Crippen LogP contribution in [0, 0.1) is 0 Å². The summed E-state index contributed by atoms with van der Waals surface area (Å²) >= 11 is 0. The van der Waals surface area contributed by atoms with Gasteiger partial charge in [0.25, 0.3) is 10.2 Å². The summed E-state index contributed by atoms with van der Waals surface area (Å²) < 4.78 is 38.4. The molecule has 1 aromatic carbocycles. The van der Waals surface area contributed by atoms with Crippen molar-refractivity contribution >= 4 is 10.2 Å². The van der Waals surface area contributed by atoms with Crippen LogP contribution in [0.25, 0.3) is 0 Å². The number of methoxy groups -OCH3 is 1. The number of ether oxygens (including phenoxy) is 2. The quantitative estimate of drug-likeness (QED) is 0.779. The lowest BCUT2D eigenvalue weighted by Gasteiger charge is -2.35. The van der Waals surface area contributed by atoms with Crippen LogP contribution in [-0.2, 0) is 14.9 Å². The van der Waals surface area contributed by atoms with Crippen LogP contribution < -0.4 is 9.46 Å². The molecule has 0 aromatic heterocycles. The first kappa shape index (κ1) is 18.2. The summed E-state index contributed by atoms with van der Waals surface area (Å²) in [5.41, 5.74) is 1.05. The molecular weight excluding hydrogens is 318 g/mol. The molecule has 1 unspecified atom stereocenters. The van der Waals surface area contributed by atoms with Crippen LogP contribution in [0.2, 0.25) is 0 Å². The zero-order valence-corrected chi connectivity index (χ0v) is 14.7. The van der Waals surface area contributed by atoms with Gasteiger partial charge in [-0.05, 0) is 17.7 Å². The predicted octanol–water partition coefficient (Wildman–Crippen LogP) is 0.465. The molecule has 1 N–H and O–H groups in total. The number of benzene rings is 1. The molecule has 0 radical (unpaired) electrons. The highest BCUT2D eigenvalue weighted by molar-refractivity contribution is 7.87. The highest BCUT2D eigenvalue weighted by Crippen LogP contribution is 2.23. The summed E-state index contributed by atoms with van der Waals surface area (Å²) in [6.07, 6.45) is 0. The maximum absolute atomic E-state index is 12.0. The minimum absolute atomic E-state index is 0.0421. The van der Waals surface area contributed by atoms with Crippen LogP contribution in [0.5, 0.6) is 5.75 Å². The molecule has 8 heteroatoms. The topological polar surface area (TPSA) is 71.1 Å². The number of hydrogen-bond acceptors (Lipinski definition) is 5. The average Bonchev–Trinajstić information content (AvgIpc) is 2.56. The van der Waals surface area contributed by atoms with Crippen LogP contribution in [-0.4, -0.2) is 71.7 Å². The van der Waals surface area contributed by atoms with E-state index < -0.39 is 10.2 Å². The summed E-state index contributed by atoms with van der Waals surface area (Å²) in [4.78, 5) is 2.24. The molecule has 1 saturated heterocycles. The Morgan fingerprint density at radius 1 is 1.26 bits per heavy atom. The minimum Gasteiger partial charge on any atom is -0.497 e. The van der Waals surface area contributed by atoms with E-state index in [4.69, 9.17) is 9.47 Å². The number of nitrogens with zero attached hydrogens (tertiary/aromatic N) is 2. The van der Waals surface area contributed by atoms with Crippen molar-refractivity contribution < 1.29 is 17.9 Å². The van der Waals surface area contributed by atoms with Crippen LogP contribution in [0.3, 0.4) is 0 Å². The van der Waals surface area contributed by atoms with Gasteiger partial charge in [-0.2, -0.15) is 12.7 Å². The van der Waals surface area contributed by atoms with Gasteiger partial charge in [0, 0.05) is 39.8 Å². The van der Waals surface area contributed by atoms with Gasteiger partial charge in [0.1, 0.15) is 5.75 Å². The molecule has 1 aromatic rings. The second-order valence-corrected chi connectivity index (χ2v) is 7.54. The Morgan fingerprint density at radius 3 is 2.39 bits per heavy atom. The fourth-order valence-electron chi connectivity index (χ4n) is 2.49. The first-order valence-corrected chi connectivity index (χ1v) is 9.01. The summed E-state index contributed by atoms with van der Waals surface area (Å²) in [5.74, 6) is 0.781. The molecular formula is C15H25N3O4S. The number of hydrogen-bond donors (Lipinski definition) is 1. The molecule has 1 atom stereocenters. The summed E-state index contributed by atoms with van der Waals surface area (Å²) in [5, 5.41) is 0. The smallest absolute Gasteiger partial charge is 0.278 e. The van der Waals surface area contributed by atoms with Gasteiger partial charge < -0.3 is 9.47 Å². The lowest BCUT2D eigenvalue weighted by Crippen LogP contribution is -2.45. The summed E-state index contributed by atoms with van der Waals surface area (Å²) in [6.45, 7) is 3.19. The molecule has 130 valence electrons. The molecule has 0 saturated carbocycles. The lowest BCUT2D eigenvalue weighted by atomic mass is 10.0. The Labute approximate surface area is 138 Å².